The third-order valence-corrected chi connectivity index (χ3v) is 9.39. The van der Waals surface area contributed by atoms with Gasteiger partial charge in [0.25, 0.3) is 0 Å². The van der Waals surface area contributed by atoms with Crippen molar-refractivity contribution in [1.29, 1.82) is 0 Å². The molecule has 0 saturated carbocycles. The molecule has 0 saturated heterocycles. The lowest BCUT2D eigenvalue weighted by atomic mass is 9.77. The van der Waals surface area contributed by atoms with Crippen molar-refractivity contribution in [2.75, 3.05) is 0 Å². The Morgan fingerprint density at radius 1 is 0.510 bits per heavy atom. The molecular formula is C45H36N6. The van der Waals surface area contributed by atoms with Crippen LogP contribution in [0.15, 0.2) is 175 Å². The normalized spacial score (nSPS) is 14.3. The summed E-state index contributed by atoms with van der Waals surface area (Å²) < 4.78 is 0. The number of allylic oxidation sites excluding steroid dienone is 1. The SMILES string of the molecule is CC(C)(c1ccc(C2=CC(c3ccccn3)=NC(c3ccccc3)N2)cc1)c1ccc(-c2cc(-c3ccccn3)nc(-c3ccccc3)n2)cc1. The van der Waals surface area contributed by atoms with Gasteiger partial charge in [0.2, 0.25) is 0 Å². The van der Waals surface area contributed by atoms with E-state index in [1.54, 1.807) is 6.20 Å². The third-order valence-electron chi connectivity index (χ3n) is 9.39. The Morgan fingerprint density at radius 2 is 1.08 bits per heavy atom. The van der Waals surface area contributed by atoms with Gasteiger partial charge in [-0.2, -0.15) is 0 Å². The van der Waals surface area contributed by atoms with Gasteiger partial charge in [-0.25, -0.2) is 9.97 Å². The van der Waals surface area contributed by atoms with Crippen LogP contribution >= 0.6 is 0 Å². The monoisotopic (exact) mass is 660 g/mol. The summed E-state index contributed by atoms with van der Waals surface area (Å²) in [7, 11) is 0. The van der Waals surface area contributed by atoms with E-state index in [9.17, 15) is 0 Å². The van der Waals surface area contributed by atoms with Crippen molar-refractivity contribution in [3.05, 3.63) is 198 Å². The number of hydrogen-bond acceptors (Lipinski definition) is 6. The first-order chi connectivity index (χ1) is 25.0. The van der Waals surface area contributed by atoms with Crippen LogP contribution in [0.4, 0.5) is 0 Å². The van der Waals surface area contributed by atoms with E-state index in [4.69, 9.17) is 15.0 Å². The molecule has 8 rings (SSSR count). The zero-order valence-corrected chi connectivity index (χ0v) is 28.5. The second-order valence-corrected chi connectivity index (χ2v) is 13.1. The van der Waals surface area contributed by atoms with Crippen LogP contribution in [-0.4, -0.2) is 25.6 Å². The molecule has 246 valence electrons. The van der Waals surface area contributed by atoms with Gasteiger partial charge < -0.3 is 5.32 Å². The minimum absolute atomic E-state index is 0.212. The lowest BCUT2D eigenvalue weighted by molar-refractivity contribution is 0.640. The van der Waals surface area contributed by atoms with Crippen molar-refractivity contribution in [2.24, 2.45) is 4.99 Å². The van der Waals surface area contributed by atoms with Gasteiger partial charge in [0, 0.05) is 34.6 Å². The second-order valence-electron chi connectivity index (χ2n) is 13.1. The summed E-state index contributed by atoms with van der Waals surface area (Å²) in [6, 6.07) is 51.8. The Bertz CT molecular complexity index is 2260. The van der Waals surface area contributed by atoms with Gasteiger partial charge >= 0.3 is 0 Å². The van der Waals surface area contributed by atoms with Gasteiger partial charge in [0.1, 0.15) is 6.17 Å². The standard InChI is InChI=1S/C45H36N6/c1-45(2,35-23-19-31(20-24-35)39-29-41(37-17-9-11-27-46-37)50-43(48-39)33-13-5-3-6-14-33)36-25-21-32(22-26-36)40-30-42(38-18-10-12-28-47-38)51-44(49-40)34-15-7-4-8-16-34/h3-30,43,48H,1-2H3. The lowest BCUT2D eigenvalue weighted by Gasteiger charge is -2.28. The Morgan fingerprint density at radius 3 is 1.71 bits per heavy atom. The summed E-state index contributed by atoms with van der Waals surface area (Å²) in [6.45, 7) is 4.54. The highest BCUT2D eigenvalue weighted by Crippen LogP contribution is 2.35. The highest BCUT2D eigenvalue weighted by Gasteiger charge is 2.25. The number of hydrogen-bond donors (Lipinski definition) is 1. The number of aromatic nitrogens is 4. The number of aliphatic imine (C=N–C) groups is 1. The first kappa shape index (κ1) is 31.7. The fourth-order valence-corrected chi connectivity index (χ4v) is 6.40. The van der Waals surface area contributed by atoms with Crippen molar-refractivity contribution in [3.63, 3.8) is 0 Å². The molecule has 0 fully saturated rings. The summed E-state index contributed by atoms with van der Waals surface area (Å²) in [6.07, 6.45) is 5.48. The smallest absolute Gasteiger partial charge is 0.160 e. The average Bonchev–Trinajstić information content (AvgIpc) is 3.22. The maximum absolute atomic E-state index is 5.02. The number of nitrogens with zero attached hydrogens (tertiary/aromatic N) is 5. The summed E-state index contributed by atoms with van der Waals surface area (Å²) in [4.78, 5) is 24.0. The molecule has 1 N–H and O–H groups in total. The van der Waals surface area contributed by atoms with E-state index >= 15 is 0 Å². The van der Waals surface area contributed by atoms with Crippen LogP contribution in [0.3, 0.4) is 0 Å². The van der Waals surface area contributed by atoms with Crippen molar-refractivity contribution in [3.8, 4) is 34.0 Å². The Balaban J connectivity index is 1.08. The third kappa shape index (κ3) is 6.72. The van der Waals surface area contributed by atoms with Crippen LogP contribution in [0.25, 0.3) is 39.7 Å². The maximum Gasteiger partial charge on any atom is 0.160 e. The van der Waals surface area contributed by atoms with Gasteiger partial charge in [0.15, 0.2) is 5.82 Å². The quantitative estimate of drug-likeness (QED) is 0.176. The van der Waals surface area contributed by atoms with Gasteiger partial charge in [-0.05, 0) is 58.7 Å². The van der Waals surface area contributed by atoms with E-state index in [-0.39, 0.29) is 11.6 Å². The van der Waals surface area contributed by atoms with Crippen LogP contribution in [0.5, 0.6) is 0 Å². The number of pyridine rings is 2. The molecule has 51 heavy (non-hydrogen) atoms. The molecule has 1 aliphatic heterocycles. The summed E-state index contributed by atoms with van der Waals surface area (Å²) >= 11 is 0. The van der Waals surface area contributed by atoms with Crippen LogP contribution in [0.1, 0.15) is 48.0 Å². The second kappa shape index (κ2) is 13.8. The van der Waals surface area contributed by atoms with E-state index in [1.165, 1.54) is 11.1 Å². The highest BCUT2D eigenvalue weighted by atomic mass is 15.1. The molecule has 4 aromatic carbocycles. The molecule has 0 spiro atoms. The molecule has 7 aromatic rings. The average molecular weight is 661 g/mol. The van der Waals surface area contributed by atoms with Crippen molar-refractivity contribution < 1.29 is 0 Å². The van der Waals surface area contributed by atoms with Crippen LogP contribution < -0.4 is 5.32 Å². The molecule has 1 unspecified atom stereocenters. The topological polar surface area (TPSA) is 76.0 Å². The fraction of sp³-hybridized carbons (Fsp3) is 0.0889. The number of benzene rings is 4. The Kier molecular flexibility index (Phi) is 8.56. The van der Waals surface area contributed by atoms with Crippen LogP contribution in [0, 0.1) is 0 Å². The predicted molar refractivity (Wildman–Crippen MR) is 206 cm³/mol. The summed E-state index contributed by atoms with van der Waals surface area (Å²) in [5.74, 6) is 0.675. The molecule has 0 aliphatic carbocycles. The summed E-state index contributed by atoms with van der Waals surface area (Å²) in [5.41, 5.74) is 11.6. The van der Waals surface area contributed by atoms with Crippen molar-refractivity contribution in [1.82, 2.24) is 25.3 Å². The Labute approximate surface area is 298 Å². The molecule has 6 heteroatoms. The van der Waals surface area contributed by atoms with Crippen molar-refractivity contribution >= 4 is 11.4 Å². The number of rotatable bonds is 8. The molecule has 6 nitrogen and oxygen atoms in total. The van der Waals surface area contributed by atoms with Gasteiger partial charge in [-0.3, -0.25) is 15.0 Å². The molecule has 3 aromatic heterocycles. The van der Waals surface area contributed by atoms with Gasteiger partial charge in [-0.15, -0.1) is 0 Å². The first-order valence-electron chi connectivity index (χ1n) is 17.1. The van der Waals surface area contributed by atoms with Gasteiger partial charge in [-0.1, -0.05) is 135 Å². The largest absolute Gasteiger partial charge is 0.360 e. The van der Waals surface area contributed by atoms with Crippen LogP contribution in [0.2, 0.25) is 0 Å². The van der Waals surface area contributed by atoms with E-state index in [1.807, 2.05) is 97.2 Å². The van der Waals surface area contributed by atoms with Gasteiger partial charge in [0.05, 0.1) is 28.5 Å². The molecule has 0 amide bonds. The molecule has 0 radical (unpaired) electrons. The lowest BCUT2D eigenvalue weighted by Crippen LogP contribution is -2.25. The summed E-state index contributed by atoms with van der Waals surface area (Å²) in [5, 5.41) is 3.66. The van der Waals surface area contributed by atoms with Crippen molar-refractivity contribution in [2.45, 2.75) is 25.4 Å². The zero-order chi connectivity index (χ0) is 34.6. The zero-order valence-electron chi connectivity index (χ0n) is 28.5. The predicted octanol–water partition coefficient (Wildman–Crippen LogP) is 9.73. The van der Waals surface area contributed by atoms with Crippen LogP contribution in [-0.2, 0) is 5.41 Å². The minimum Gasteiger partial charge on any atom is -0.360 e. The molecule has 1 aliphatic rings. The molecule has 4 heterocycles. The number of nitrogens with one attached hydrogen (secondary N) is 1. The minimum atomic E-state index is -0.238. The fourth-order valence-electron chi connectivity index (χ4n) is 6.40. The van der Waals surface area contributed by atoms with E-state index in [0.29, 0.717) is 5.82 Å². The van der Waals surface area contributed by atoms with E-state index < -0.39 is 0 Å². The Hall–Kier alpha value is -6.53. The molecular weight excluding hydrogens is 625 g/mol. The van der Waals surface area contributed by atoms with E-state index in [0.717, 1.165) is 56.4 Å². The first-order valence-corrected chi connectivity index (χ1v) is 17.1. The highest BCUT2D eigenvalue weighted by molar-refractivity contribution is 6.11. The molecule has 0 bridgehead atoms. The molecule has 1 atom stereocenters. The van der Waals surface area contributed by atoms with E-state index in [2.05, 4.69) is 95.9 Å². The maximum atomic E-state index is 5.02.